The van der Waals surface area contributed by atoms with E-state index in [9.17, 15) is 4.79 Å². The molecule has 1 heterocycles. The lowest BCUT2D eigenvalue weighted by Crippen LogP contribution is -2.19. The third kappa shape index (κ3) is 1.73. The fourth-order valence-corrected chi connectivity index (χ4v) is 1.96. The molecule has 0 amide bonds. The van der Waals surface area contributed by atoms with E-state index in [0.29, 0.717) is 5.95 Å². The third-order valence-corrected chi connectivity index (χ3v) is 2.88. The standard InChI is InChI=1S/C12H15N3O2/c1-7-5-4-6-9-10(7)14-12(13)15(9)8(2)11(16)17-3/h4-6,8H,1-3H3,(H2,13,14). The van der Waals surface area contributed by atoms with Crippen LogP contribution in [0.5, 0.6) is 0 Å². The molecule has 5 nitrogen and oxygen atoms in total. The van der Waals surface area contributed by atoms with Crippen LogP contribution in [0.1, 0.15) is 18.5 Å². The number of nitrogens with zero attached hydrogens (tertiary/aromatic N) is 2. The van der Waals surface area contributed by atoms with E-state index >= 15 is 0 Å². The number of aryl methyl sites for hydroxylation is 1. The number of hydrogen-bond acceptors (Lipinski definition) is 4. The molecule has 17 heavy (non-hydrogen) atoms. The van der Waals surface area contributed by atoms with Crippen molar-refractivity contribution in [2.24, 2.45) is 0 Å². The molecule has 1 unspecified atom stereocenters. The van der Waals surface area contributed by atoms with Gasteiger partial charge in [-0.15, -0.1) is 0 Å². The van der Waals surface area contributed by atoms with E-state index in [2.05, 4.69) is 4.98 Å². The molecule has 90 valence electrons. The highest BCUT2D eigenvalue weighted by Crippen LogP contribution is 2.25. The highest BCUT2D eigenvalue weighted by Gasteiger charge is 2.21. The number of nitrogen functional groups attached to an aromatic ring is 1. The molecule has 0 aliphatic heterocycles. The first-order valence-corrected chi connectivity index (χ1v) is 5.37. The third-order valence-electron chi connectivity index (χ3n) is 2.88. The molecule has 0 saturated carbocycles. The Morgan fingerprint density at radius 3 is 2.88 bits per heavy atom. The Kier molecular flexibility index (Phi) is 2.75. The van der Waals surface area contributed by atoms with Crippen LogP contribution in [0, 0.1) is 6.92 Å². The van der Waals surface area contributed by atoms with Crippen LogP contribution in [0.2, 0.25) is 0 Å². The summed E-state index contributed by atoms with van der Waals surface area (Å²) in [6.45, 7) is 3.70. The van der Waals surface area contributed by atoms with Crippen LogP contribution in [-0.4, -0.2) is 22.6 Å². The Morgan fingerprint density at radius 1 is 1.53 bits per heavy atom. The molecule has 0 radical (unpaired) electrons. The summed E-state index contributed by atoms with van der Waals surface area (Å²) in [5, 5.41) is 0. The molecule has 1 aromatic heterocycles. The first-order chi connectivity index (χ1) is 8.06. The number of imidazole rings is 1. The number of esters is 1. The molecule has 0 bridgehead atoms. The van der Waals surface area contributed by atoms with Crippen molar-refractivity contribution in [3.05, 3.63) is 23.8 Å². The van der Waals surface area contributed by atoms with Gasteiger partial charge in [0.25, 0.3) is 0 Å². The van der Waals surface area contributed by atoms with Crippen molar-refractivity contribution in [1.82, 2.24) is 9.55 Å². The Bertz CT molecular complexity index is 574. The van der Waals surface area contributed by atoms with Crippen molar-refractivity contribution in [2.75, 3.05) is 12.8 Å². The Balaban J connectivity index is 2.65. The average molecular weight is 233 g/mol. The molecule has 0 fully saturated rings. The summed E-state index contributed by atoms with van der Waals surface area (Å²) in [4.78, 5) is 15.8. The number of benzene rings is 1. The number of aromatic nitrogens is 2. The molecule has 0 spiro atoms. The van der Waals surface area contributed by atoms with E-state index in [1.165, 1.54) is 7.11 Å². The molecule has 0 saturated heterocycles. The number of para-hydroxylation sites is 1. The van der Waals surface area contributed by atoms with Crippen molar-refractivity contribution in [2.45, 2.75) is 19.9 Å². The number of hydrogen-bond donors (Lipinski definition) is 1. The van der Waals surface area contributed by atoms with Gasteiger partial charge in [-0.2, -0.15) is 0 Å². The summed E-state index contributed by atoms with van der Waals surface area (Å²) in [6, 6.07) is 5.29. The van der Waals surface area contributed by atoms with E-state index in [-0.39, 0.29) is 5.97 Å². The topological polar surface area (TPSA) is 70.1 Å². The maximum Gasteiger partial charge on any atom is 0.328 e. The number of carbonyl (C=O) groups excluding carboxylic acids is 1. The molecule has 0 aliphatic carbocycles. The van der Waals surface area contributed by atoms with Gasteiger partial charge in [0.05, 0.1) is 18.1 Å². The zero-order chi connectivity index (χ0) is 12.6. The van der Waals surface area contributed by atoms with Gasteiger partial charge < -0.3 is 10.5 Å². The summed E-state index contributed by atoms with van der Waals surface area (Å²) >= 11 is 0. The summed E-state index contributed by atoms with van der Waals surface area (Å²) in [5.74, 6) is -0.00953. The number of ether oxygens (including phenoxy) is 1. The maximum absolute atomic E-state index is 11.6. The van der Waals surface area contributed by atoms with Gasteiger partial charge in [0.15, 0.2) is 0 Å². The van der Waals surface area contributed by atoms with Crippen LogP contribution >= 0.6 is 0 Å². The van der Waals surface area contributed by atoms with Crippen LogP contribution in [-0.2, 0) is 9.53 Å². The van der Waals surface area contributed by atoms with Crippen LogP contribution in [0.25, 0.3) is 11.0 Å². The summed E-state index contributed by atoms with van der Waals surface area (Å²) < 4.78 is 6.42. The van der Waals surface area contributed by atoms with Crippen LogP contribution < -0.4 is 5.73 Å². The number of anilines is 1. The fourth-order valence-electron chi connectivity index (χ4n) is 1.96. The van der Waals surface area contributed by atoms with E-state index in [0.717, 1.165) is 16.6 Å². The lowest BCUT2D eigenvalue weighted by Gasteiger charge is -2.13. The quantitative estimate of drug-likeness (QED) is 0.801. The van der Waals surface area contributed by atoms with Crippen LogP contribution in [0.3, 0.4) is 0 Å². The second kappa shape index (κ2) is 4.08. The number of nitrogens with two attached hydrogens (primary N) is 1. The number of methoxy groups -OCH3 is 1. The van der Waals surface area contributed by atoms with E-state index in [1.54, 1.807) is 11.5 Å². The molecular formula is C12H15N3O2. The van der Waals surface area contributed by atoms with E-state index < -0.39 is 6.04 Å². The predicted molar refractivity (Wildman–Crippen MR) is 65.6 cm³/mol. The number of carbonyl (C=O) groups is 1. The molecular weight excluding hydrogens is 218 g/mol. The van der Waals surface area contributed by atoms with Crippen molar-refractivity contribution in [3.63, 3.8) is 0 Å². The summed E-state index contributed by atoms with van der Waals surface area (Å²) in [5.41, 5.74) is 8.56. The van der Waals surface area contributed by atoms with Crippen molar-refractivity contribution in [1.29, 1.82) is 0 Å². The van der Waals surface area contributed by atoms with Crippen molar-refractivity contribution >= 4 is 23.0 Å². The van der Waals surface area contributed by atoms with E-state index in [1.807, 2.05) is 25.1 Å². The molecule has 5 heteroatoms. The molecule has 2 N–H and O–H groups in total. The summed E-state index contributed by atoms with van der Waals surface area (Å²) in [6.07, 6.45) is 0. The van der Waals surface area contributed by atoms with Gasteiger partial charge in [-0.25, -0.2) is 9.78 Å². The highest BCUT2D eigenvalue weighted by molar-refractivity contribution is 5.84. The van der Waals surface area contributed by atoms with Crippen molar-refractivity contribution < 1.29 is 9.53 Å². The molecule has 1 aromatic carbocycles. The van der Waals surface area contributed by atoms with E-state index in [4.69, 9.17) is 10.5 Å². The average Bonchev–Trinajstić information content (AvgIpc) is 2.65. The van der Waals surface area contributed by atoms with Gasteiger partial charge in [0, 0.05) is 0 Å². The highest BCUT2D eigenvalue weighted by atomic mass is 16.5. The van der Waals surface area contributed by atoms with Gasteiger partial charge in [0.2, 0.25) is 5.95 Å². The minimum atomic E-state index is -0.480. The molecule has 1 atom stereocenters. The van der Waals surface area contributed by atoms with Gasteiger partial charge >= 0.3 is 5.97 Å². The zero-order valence-corrected chi connectivity index (χ0v) is 10.1. The Hall–Kier alpha value is -2.04. The maximum atomic E-state index is 11.6. The summed E-state index contributed by atoms with van der Waals surface area (Å²) in [7, 11) is 1.36. The predicted octanol–water partition coefficient (Wildman–Crippen LogP) is 1.66. The largest absolute Gasteiger partial charge is 0.467 e. The molecule has 2 aromatic rings. The Morgan fingerprint density at radius 2 is 2.24 bits per heavy atom. The smallest absolute Gasteiger partial charge is 0.328 e. The van der Waals surface area contributed by atoms with Crippen LogP contribution in [0.4, 0.5) is 5.95 Å². The Labute approximate surface area is 99.2 Å². The SMILES string of the molecule is COC(=O)C(C)n1c(N)nc2c(C)cccc21. The monoisotopic (exact) mass is 233 g/mol. The molecule has 0 aliphatic rings. The minimum Gasteiger partial charge on any atom is -0.467 e. The first kappa shape index (κ1) is 11.4. The first-order valence-electron chi connectivity index (χ1n) is 5.37. The lowest BCUT2D eigenvalue weighted by molar-refractivity contribution is -0.143. The number of fused-ring (bicyclic) bond motifs is 1. The fraction of sp³-hybridized carbons (Fsp3) is 0.333. The van der Waals surface area contributed by atoms with Gasteiger partial charge in [-0.1, -0.05) is 12.1 Å². The zero-order valence-electron chi connectivity index (χ0n) is 10.1. The molecule has 2 rings (SSSR count). The second-order valence-electron chi connectivity index (χ2n) is 3.98. The van der Waals surface area contributed by atoms with Crippen LogP contribution in [0.15, 0.2) is 18.2 Å². The number of rotatable bonds is 2. The van der Waals surface area contributed by atoms with Gasteiger partial charge in [0.1, 0.15) is 6.04 Å². The van der Waals surface area contributed by atoms with Crippen molar-refractivity contribution in [3.8, 4) is 0 Å². The lowest BCUT2D eigenvalue weighted by atomic mass is 10.2. The minimum absolute atomic E-state index is 0.326. The second-order valence-corrected chi connectivity index (χ2v) is 3.98. The van der Waals surface area contributed by atoms with Gasteiger partial charge in [-0.3, -0.25) is 4.57 Å². The normalized spacial score (nSPS) is 12.6. The van der Waals surface area contributed by atoms with Gasteiger partial charge in [-0.05, 0) is 25.5 Å².